The molecule has 1 N–H and O–H groups in total. The van der Waals surface area contributed by atoms with Crippen molar-refractivity contribution in [3.05, 3.63) is 33.7 Å². The van der Waals surface area contributed by atoms with Crippen molar-refractivity contribution in [2.75, 3.05) is 32.8 Å². The van der Waals surface area contributed by atoms with E-state index in [1.165, 1.54) is 4.31 Å². The summed E-state index contributed by atoms with van der Waals surface area (Å²) < 4.78 is 38.8. The molecular weight excluding hydrogens is 506 g/mol. The molecule has 0 radical (unpaired) electrons. The summed E-state index contributed by atoms with van der Waals surface area (Å²) in [6.45, 7) is 6.58. The Morgan fingerprint density at radius 2 is 1.75 bits per heavy atom. The number of fused-ring (bicyclic) bond motifs is 1. The van der Waals surface area contributed by atoms with Crippen LogP contribution in [0.5, 0.6) is 5.75 Å². The van der Waals surface area contributed by atoms with Gasteiger partial charge in [0.2, 0.25) is 15.9 Å². The van der Waals surface area contributed by atoms with Crippen LogP contribution in [0.15, 0.2) is 23.1 Å². The van der Waals surface area contributed by atoms with Gasteiger partial charge < -0.3 is 19.7 Å². The topological polar surface area (TPSA) is 105 Å². The summed E-state index contributed by atoms with van der Waals surface area (Å²) in [6, 6.07) is 5.21. The summed E-state index contributed by atoms with van der Waals surface area (Å²) in [5, 5.41) is 3.33. The Balaban J connectivity index is 1.28. The summed E-state index contributed by atoms with van der Waals surface area (Å²) in [5.41, 5.74) is 0.0138. The molecule has 0 aromatic heterocycles. The number of carbonyl (C=O) groups excluding carboxylic acids is 2. The second-order valence-corrected chi connectivity index (χ2v) is 12.9. The lowest BCUT2D eigenvalue weighted by molar-refractivity contribution is -0.137. The normalized spacial score (nSPS) is 23.2. The van der Waals surface area contributed by atoms with Gasteiger partial charge in [-0.05, 0) is 64.7 Å². The molecule has 0 unspecified atom stereocenters. The lowest BCUT2D eigenvalue weighted by Gasteiger charge is -2.38. The van der Waals surface area contributed by atoms with Crippen molar-refractivity contribution in [2.45, 2.75) is 58.1 Å². The van der Waals surface area contributed by atoms with Crippen LogP contribution in [0.2, 0.25) is 5.02 Å². The summed E-state index contributed by atoms with van der Waals surface area (Å²) in [4.78, 5) is 27.0. The molecule has 1 saturated heterocycles. The minimum atomic E-state index is -3.73. The molecule has 2 aliphatic heterocycles. The van der Waals surface area contributed by atoms with E-state index >= 15 is 0 Å². The van der Waals surface area contributed by atoms with Crippen molar-refractivity contribution < 1.29 is 27.5 Å². The van der Waals surface area contributed by atoms with Crippen molar-refractivity contribution >= 4 is 39.7 Å². The van der Waals surface area contributed by atoms with E-state index in [4.69, 9.17) is 21.1 Å². The smallest absolute Gasteiger partial charge is 0.407 e. The lowest BCUT2D eigenvalue weighted by Crippen LogP contribution is -2.53. The fourth-order valence-corrected chi connectivity index (χ4v) is 6.49. The van der Waals surface area contributed by atoms with Crippen LogP contribution in [0.25, 0.3) is 6.08 Å². The Bertz CT molecular complexity index is 1130. The van der Waals surface area contributed by atoms with E-state index in [-0.39, 0.29) is 42.5 Å². The minimum absolute atomic E-state index is 0.00416. The molecule has 2 fully saturated rings. The van der Waals surface area contributed by atoms with E-state index in [2.05, 4.69) is 5.32 Å². The third kappa shape index (κ3) is 6.15. The van der Waals surface area contributed by atoms with Crippen molar-refractivity contribution in [3.8, 4) is 5.75 Å². The number of benzene rings is 1. The highest BCUT2D eigenvalue weighted by molar-refractivity contribution is 7.93. The summed E-state index contributed by atoms with van der Waals surface area (Å²) >= 11 is 6.23. The summed E-state index contributed by atoms with van der Waals surface area (Å²) in [5.74, 6) is 0.509. The van der Waals surface area contributed by atoms with Gasteiger partial charge in [0, 0.05) is 43.7 Å². The monoisotopic (exact) mass is 539 g/mol. The number of alkyl carbamates (subject to hydrolysis) is 1. The van der Waals surface area contributed by atoms with E-state index in [1.54, 1.807) is 29.2 Å². The molecule has 1 aliphatic carbocycles. The molecule has 0 atom stereocenters. The van der Waals surface area contributed by atoms with Gasteiger partial charge in [-0.25, -0.2) is 13.2 Å². The van der Waals surface area contributed by atoms with Crippen LogP contribution in [0.3, 0.4) is 0 Å². The van der Waals surface area contributed by atoms with Gasteiger partial charge in [0.15, 0.2) is 0 Å². The van der Waals surface area contributed by atoms with Gasteiger partial charge in [0.1, 0.15) is 18.0 Å². The second-order valence-electron chi connectivity index (χ2n) is 10.5. The van der Waals surface area contributed by atoms with Crippen molar-refractivity contribution in [1.29, 1.82) is 0 Å². The molecule has 1 saturated carbocycles. The molecule has 2 heterocycles. The molecule has 4 rings (SSSR count). The van der Waals surface area contributed by atoms with Crippen LogP contribution in [0.4, 0.5) is 4.79 Å². The molecule has 3 aliphatic rings. The molecule has 36 heavy (non-hydrogen) atoms. The first kappa shape index (κ1) is 26.8. The predicted molar refractivity (Wildman–Crippen MR) is 137 cm³/mol. The Labute approximate surface area is 217 Å². The molecule has 0 spiro atoms. The quantitative estimate of drug-likeness (QED) is 0.626. The van der Waals surface area contributed by atoms with Crippen LogP contribution in [0.1, 0.15) is 52.0 Å². The highest BCUT2D eigenvalue weighted by Gasteiger charge is 2.36. The van der Waals surface area contributed by atoms with Crippen LogP contribution >= 0.6 is 11.6 Å². The lowest BCUT2D eigenvalue weighted by atomic mass is 9.85. The minimum Gasteiger partial charge on any atom is -0.487 e. The predicted octanol–water partition coefficient (Wildman–Crippen LogP) is 3.63. The maximum absolute atomic E-state index is 13.2. The number of nitrogens with zero attached hydrogens (tertiary/aromatic N) is 2. The largest absolute Gasteiger partial charge is 0.487 e. The molecule has 9 nitrogen and oxygen atoms in total. The maximum atomic E-state index is 13.2. The van der Waals surface area contributed by atoms with Crippen LogP contribution in [0, 0.1) is 5.92 Å². The highest BCUT2D eigenvalue weighted by atomic mass is 35.5. The third-order valence-electron chi connectivity index (χ3n) is 6.71. The van der Waals surface area contributed by atoms with E-state index < -0.39 is 21.7 Å². The molecule has 11 heteroatoms. The van der Waals surface area contributed by atoms with Crippen molar-refractivity contribution in [3.63, 3.8) is 0 Å². The van der Waals surface area contributed by atoms with Crippen LogP contribution in [-0.4, -0.2) is 74.1 Å². The number of ether oxygens (including phenoxy) is 2. The number of hydrogen-bond donors (Lipinski definition) is 1. The Morgan fingerprint density at radius 3 is 2.39 bits per heavy atom. The number of rotatable bonds is 4. The van der Waals surface area contributed by atoms with Gasteiger partial charge in [0.25, 0.3) is 0 Å². The first-order valence-corrected chi connectivity index (χ1v) is 14.2. The second kappa shape index (κ2) is 10.6. The Morgan fingerprint density at radius 1 is 1.08 bits per heavy atom. The summed E-state index contributed by atoms with van der Waals surface area (Å²) in [6.07, 6.45) is 3.94. The van der Waals surface area contributed by atoms with Gasteiger partial charge in [-0.1, -0.05) is 17.7 Å². The standard InChI is InChI=1S/C25H34ClN3O6S/c1-25(2,3)35-24(31)27-18-9-7-17(8-10-18)23(30)28-11-13-29(14-12-28)36(32,33)19-15-20-21(26)5-4-6-22(20)34-16-19/h4-6,15,17-18H,7-14,16H2,1-3H3,(H,27,31). The van der Waals surface area contributed by atoms with Gasteiger partial charge in [-0.15, -0.1) is 0 Å². The fraction of sp³-hybridized carbons (Fsp3) is 0.600. The average Bonchev–Trinajstić information content (AvgIpc) is 2.83. The third-order valence-corrected chi connectivity index (χ3v) is 8.98. The van der Waals surface area contributed by atoms with Crippen molar-refractivity contribution in [1.82, 2.24) is 14.5 Å². The average molecular weight is 540 g/mol. The van der Waals surface area contributed by atoms with Crippen LogP contribution < -0.4 is 10.1 Å². The van der Waals surface area contributed by atoms with Gasteiger partial charge in [0.05, 0.1) is 9.93 Å². The molecule has 2 amide bonds. The zero-order valence-electron chi connectivity index (χ0n) is 21.0. The Kier molecular flexibility index (Phi) is 7.87. The van der Waals surface area contributed by atoms with E-state index in [1.807, 2.05) is 20.8 Å². The molecular formula is C25H34ClN3O6S. The fourth-order valence-electron chi connectivity index (χ4n) is 4.82. The number of sulfonamides is 1. The number of nitrogens with one attached hydrogen (secondary N) is 1. The first-order valence-electron chi connectivity index (χ1n) is 12.3. The molecule has 0 bridgehead atoms. The molecule has 198 valence electrons. The number of carbonyl (C=O) groups is 2. The molecule has 1 aromatic rings. The zero-order chi connectivity index (χ0) is 26.1. The van der Waals surface area contributed by atoms with Crippen molar-refractivity contribution in [2.24, 2.45) is 5.92 Å². The zero-order valence-corrected chi connectivity index (χ0v) is 22.5. The number of hydrogen-bond acceptors (Lipinski definition) is 6. The highest BCUT2D eigenvalue weighted by Crippen LogP contribution is 2.34. The van der Waals surface area contributed by atoms with Gasteiger partial charge in [-0.3, -0.25) is 4.79 Å². The van der Waals surface area contributed by atoms with E-state index in [9.17, 15) is 18.0 Å². The summed E-state index contributed by atoms with van der Waals surface area (Å²) in [7, 11) is -3.73. The van der Waals surface area contributed by atoms with E-state index in [0.29, 0.717) is 55.1 Å². The Hall–Kier alpha value is -2.30. The number of halogens is 1. The number of piperazine rings is 1. The van der Waals surface area contributed by atoms with Gasteiger partial charge >= 0.3 is 6.09 Å². The van der Waals surface area contributed by atoms with E-state index in [0.717, 1.165) is 0 Å². The first-order chi connectivity index (χ1) is 16.9. The van der Waals surface area contributed by atoms with Gasteiger partial charge in [-0.2, -0.15) is 4.31 Å². The number of amides is 2. The SMILES string of the molecule is CC(C)(C)OC(=O)NC1CCC(C(=O)N2CCN(S(=O)(=O)C3=Cc4c(Cl)cccc4OC3)CC2)CC1. The maximum Gasteiger partial charge on any atom is 0.407 e. The molecule has 1 aromatic carbocycles. The van der Waals surface area contributed by atoms with Crippen LogP contribution in [-0.2, 0) is 19.6 Å².